The molecule has 3 amide bonds. The van der Waals surface area contributed by atoms with Crippen molar-refractivity contribution in [3.8, 4) is 5.75 Å². The van der Waals surface area contributed by atoms with Crippen molar-refractivity contribution < 1.29 is 18.7 Å². The zero-order valence-electron chi connectivity index (χ0n) is 14.8. The number of nitrogens with zero attached hydrogens (tertiary/aromatic N) is 2. The lowest BCUT2D eigenvalue weighted by Gasteiger charge is -2.50. The number of nitrogens with one attached hydrogen (secondary N) is 1. The van der Waals surface area contributed by atoms with Crippen LogP contribution in [0.25, 0.3) is 0 Å². The van der Waals surface area contributed by atoms with Crippen molar-refractivity contribution in [1.82, 2.24) is 15.1 Å². The quantitative estimate of drug-likeness (QED) is 0.910. The maximum atomic E-state index is 12.7. The van der Waals surface area contributed by atoms with Crippen LogP contribution >= 0.6 is 0 Å². The molecule has 1 aromatic carbocycles. The molecule has 7 nitrogen and oxygen atoms in total. The van der Waals surface area contributed by atoms with Gasteiger partial charge in [0.15, 0.2) is 5.76 Å². The smallest absolute Gasteiger partial charge is 0.317 e. The molecule has 26 heavy (non-hydrogen) atoms. The lowest BCUT2D eigenvalue weighted by Crippen LogP contribution is -2.70. The van der Waals surface area contributed by atoms with Gasteiger partial charge in [0.05, 0.1) is 5.54 Å². The molecule has 2 aromatic rings. The van der Waals surface area contributed by atoms with E-state index in [0.29, 0.717) is 31.2 Å². The second-order valence-corrected chi connectivity index (χ2v) is 6.93. The predicted molar refractivity (Wildman–Crippen MR) is 94.0 cm³/mol. The Morgan fingerprint density at radius 2 is 2.04 bits per heavy atom. The number of hydrogen-bond donors (Lipinski definition) is 1. The van der Waals surface area contributed by atoms with Crippen LogP contribution in [0.4, 0.5) is 4.79 Å². The Bertz CT molecular complexity index is 840. The van der Waals surface area contributed by atoms with Gasteiger partial charge in [0.1, 0.15) is 18.1 Å². The van der Waals surface area contributed by atoms with Crippen molar-refractivity contribution in [3.05, 3.63) is 53.5 Å². The first-order chi connectivity index (χ1) is 12.5. The summed E-state index contributed by atoms with van der Waals surface area (Å²) in [5.74, 6) is 1.55. The number of likely N-dealkylation sites (N-methyl/N-ethyl adjacent to an activating group) is 1. The topological polar surface area (TPSA) is 75.0 Å². The zero-order valence-corrected chi connectivity index (χ0v) is 14.8. The summed E-state index contributed by atoms with van der Waals surface area (Å²) < 4.78 is 11.4. The van der Waals surface area contributed by atoms with E-state index in [2.05, 4.69) is 5.32 Å². The number of urea groups is 1. The second-order valence-electron chi connectivity index (χ2n) is 6.93. The standard InChI is InChI=1S/C19H21N3O4/c1-13-8-15(9-25-14-6-4-3-5-7-14)26-16(13)17(23)22-11-19(12-22)10-20-18(24)21(19)2/h3-8H,9-12H2,1-2H3,(H,20,24). The molecule has 2 aliphatic rings. The third kappa shape index (κ3) is 2.69. The minimum atomic E-state index is -0.285. The molecule has 1 N–H and O–H groups in total. The highest BCUT2D eigenvalue weighted by atomic mass is 16.5. The summed E-state index contributed by atoms with van der Waals surface area (Å²) in [4.78, 5) is 27.8. The highest BCUT2D eigenvalue weighted by Crippen LogP contribution is 2.32. The molecular weight excluding hydrogens is 334 g/mol. The first kappa shape index (κ1) is 16.5. The monoisotopic (exact) mass is 355 g/mol. The van der Waals surface area contributed by atoms with Crippen LogP contribution in [0.15, 0.2) is 40.8 Å². The van der Waals surface area contributed by atoms with E-state index in [0.717, 1.165) is 11.3 Å². The van der Waals surface area contributed by atoms with Crippen LogP contribution in [0, 0.1) is 6.92 Å². The third-order valence-corrected chi connectivity index (χ3v) is 5.13. The van der Waals surface area contributed by atoms with E-state index in [9.17, 15) is 9.59 Å². The Balaban J connectivity index is 1.40. The van der Waals surface area contributed by atoms with E-state index in [1.165, 1.54) is 0 Å². The molecule has 1 spiro atoms. The number of para-hydroxylation sites is 1. The van der Waals surface area contributed by atoms with Crippen LogP contribution < -0.4 is 10.1 Å². The van der Waals surface area contributed by atoms with Crippen LogP contribution in [0.1, 0.15) is 21.9 Å². The highest BCUT2D eigenvalue weighted by molar-refractivity contribution is 5.94. The van der Waals surface area contributed by atoms with Crippen molar-refractivity contribution in [2.24, 2.45) is 0 Å². The molecule has 3 heterocycles. The third-order valence-electron chi connectivity index (χ3n) is 5.13. The molecule has 1 aromatic heterocycles. The van der Waals surface area contributed by atoms with Gasteiger partial charge in [0.2, 0.25) is 0 Å². The number of aryl methyl sites for hydroxylation is 1. The number of benzene rings is 1. The zero-order chi connectivity index (χ0) is 18.3. The van der Waals surface area contributed by atoms with Gasteiger partial charge in [0, 0.05) is 32.2 Å². The Hall–Kier alpha value is -2.96. The van der Waals surface area contributed by atoms with E-state index in [-0.39, 0.29) is 24.1 Å². The van der Waals surface area contributed by atoms with Gasteiger partial charge in [-0.05, 0) is 25.1 Å². The van der Waals surface area contributed by atoms with Gasteiger partial charge < -0.3 is 24.3 Å². The first-order valence-electron chi connectivity index (χ1n) is 8.57. The molecule has 7 heteroatoms. The highest BCUT2D eigenvalue weighted by Gasteiger charge is 2.54. The second kappa shape index (κ2) is 6.09. The van der Waals surface area contributed by atoms with Crippen molar-refractivity contribution >= 4 is 11.9 Å². The van der Waals surface area contributed by atoms with Crippen LogP contribution in [0.5, 0.6) is 5.75 Å². The van der Waals surface area contributed by atoms with E-state index < -0.39 is 0 Å². The maximum Gasteiger partial charge on any atom is 0.317 e. The number of ether oxygens (including phenoxy) is 1. The van der Waals surface area contributed by atoms with Gasteiger partial charge in [0.25, 0.3) is 5.91 Å². The van der Waals surface area contributed by atoms with Crippen LogP contribution in [0.2, 0.25) is 0 Å². The molecule has 2 saturated heterocycles. The maximum absolute atomic E-state index is 12.7. The summed E-state index contributed by atoms with van der Waals surface area (Å²) in [6.07, 6.45) is 0. The molecule has 0 unspecified atom stereocenters. The SMILES string of the molecule is Cc1cc(COc2ccccc2)oc1C(=O)N1CC2(CNC(=O)N2C)C1. The van der Waals surface area contributed by atoms with Gasteiger partial charge in [-0.1, -0.05) is 18.2 Å². The number of amides is 3. The van der Waals surface area contributed by atoms with Crippen LogP contribution in [0.3, 0.4) is 0 Å². The number of carbonyl (C=O) groups is 2. The molecule has 136 valence electrons. The fourth-order valence-electron chi connectivity index (χ4n) is 3.47. The molecule has 0 aliphatic carbocycles. The predicted octanol–water partition coefficient (Wildman–Crippen LogP) is 2.02. The molecule has 2 fully saturated rings. The van der Waals surface area contributed by atoms with Gasteiger partial charge in [-0.15, -0.1) is 0 Å². The summed E-state index contributed by atoms with van der Waals surface area (Å²) in [7, 11) is 1.77. The summed E-state index contributed by atoms with van der Waals surface area (Å²) in [5.41, 5.74) is 0.503. The summed E-state index contributed by atoms with van der Waals surface area (Å²) >= 11 is 0. The van der Waals surface area contributed by atoms with Crippen molar-refractivity contribution in [1.29, 1.82) is 0 Å². The minimum absolute atomic E-state index is 0.0911. The van der Waals surface area contributed by atoms with E-state index >= 15 is 0 Å². The molecule has 0 bridgehead atoms. The average molecular weight is 355 g/mol. The lowest BCUT2D eigenvalue weighted by atomic mass is 9.89. The Morgan fingerprint density at radius 3 is 2.69 bits per heavy atom. The Kier molecular flexibility index (Phi) is 3.86. The molecule has 0 radical (unpaired) electrons. The number of furan rings is 1. The fourth-order valence-corrected chi connectivity index (χ4v) is 3.47. The summed E-state index contributed by atoms with van der Waals surface area (Å²) in [6, 6.07) is 11.2. The van der Waals surface area contributed by atoms with E-state index in [1.807, 2.05) is 43.3 Å². The average Bonchev–Trinajstić information content (AvgIpc) is 3.13. The summed E-state index contributed by atoms with van der Waals surface area (Å²) in [5, 5.41) is 2.82. The number of likely N-dealkylation sites (tertiary alicyclic amines) is 1. The van der Waals surface area contributed by atoms with E-state index in [1.54, 1.807) is 16.8 Å². The van der Waals surface area contributed by atoms with E-state index in [4.69, 9.17) is 9.15 Å². The van der Waals surface area contributed by atoms with Crippen molar-refractivity contribution in [2.45, 2.75) is 19.1 Å². The van der Waals surface area contributed by atoms with Gasteiger partial charge in [-0.3, -0.25) is 4.79 Å². The molecule has 0 saturated carbocycles. The fraction of sp³-hybridized carbons (Fsp3) is 0.368. The Labute approximate surface area is 151 Å². The van der Waals surface area contributed by atoms with Crippen LogP contribution in [-0.4, -0.2) is 54.0 Å². The number of rotatable bonds is 4. The normalized spacial score (nSPS) is 18.0. The molecule has 2 aliphatic heterocycles. The Morgan fingerprint density at radius 1 is 1.31 bits per heavy atom. The van der Waals surface area contributed by atoms with Gasteiger partial charge in [-0.2, -0.15) is 0 Å². The number of carbonyl (C=O) groups excluding carboxylic acids is 2. The summed E-state index contributed by atoms with van der Waals surface area (Å²) in [6.45, 7) is 3.71. The molecular formula is C19H21N3O4. The lowest BCUT2D eigenvalue weighted by molar-refractivity contribution is 0.00538. The largest absolute Gasteiger partial charge is 0.486 e. The van der Waals surface area contributed by atoms with Crippen LogP contribution in [-0.2, 0) is 6.61 Å². The van der Waals surface area contributed by atoms with Crippen molar-refractivity contribution in [2.75, 3.05) is 26.7 Å². The van der Waals surface area contributed by atoms with Gasteiger partial charge in [-0.25, -0.2) is 4.79 Å². The minimum Gasteiger partial charge on any atom is -0.486 e. The molecule has 4 rings (SSSR count). The van der Waals surface area contributed by atoms with Crippen molar-refractivity contribution in [3.63, 3.8) is 0 Å². The first-order valence-corrected chi connectivity index (χ1v) is 8.57. The van der Waals surface area contributed by atoms with Gasteiger partial charge >= 0.3 is 6.03 Å². The molecule has 0 atom stereocenters. The number of hydrogen-bond acceptors (Lipinski definition) is 4.